The minimum atomic E-state index is -0.258. The molecule has 2 heterocycles. The quantitative estimate of drug-likeness (QED) is 0.665. The van der Waals surface area contributed by atoms with Crippen LogP contribution in [0.15, 0.2) is 64.7 Å². The first-order chi connectivity index (χ1) is 11.3. The zero-order chi connectivity index (χ0) is 15.8. The molecule has 0 spiro atoms. The van der Waals surface area contributed by atoms with Crippen LogP contribution in [0.4, 0.5) is 4.39 Å². The first kappa shape index (κ1) is 14.2. The van der Waals surface area contributed by atoms with Crippen molar-refractivity contribution in [1.82, 2.24) is 9.55 Å². The molecule has 1 aliphatic rings. The first-order valence-electron chi connectivity index (χ1n) is 7.28. The molecule has 2 aromatic carbocycles. The number of hydrogen-bond donors (Lipinski definition) is 0. The molecule has 1 aromatic heterocycles. The second-order valence-corrected chi connectivity index (χ2v) is 6.12. The molecule has 114 valence electrons. The molecule has 0 bridgehead atoms. The van der Waals surface area contributed by atoms with Gasteiger partial charge in [-0.25, -0.2) is 9.37 Å². The Morgan fingerprint density at radius 1 is 1.13 bits per heavy atom. The number of rotatable bonds is 2. The summed E-state index contributed by atoms with van der Waals surface area (Å²) in [5.41, 5.74) is 3.12. The van der Waals surface area contributed by atoms with Crippen LogP contribution in [0.2, 0.25) is 0 Å². The van der Waals surface area contributed by atoms with Crippen molar-refractivity contribution < 1.29 is 4.39 Å². The predicted octanol–water partition coefficient (Wildman–Crippen LogP) is 4.08. The zero-order valence-corrected chi connectivity index (χ0v) is 13.3. The third-order valence-corrected chi connectivity index (χ3v) is 4.67. The Morgan fingerprint density at radius 2 is 2.00 bits per heavy atom. The Hall–Kier alpha value is -2.40. The maximum Gasteiger partial charge on any atom is 0.134 e. The standard InChI is InChI=1S/C18H14FN3S/c1-23-12-6-7-16-14(10-12)18(13-4-2-3-5-15(13)19)21-11-17-20-8-9-22(16)17/h2-10H,11H2,1H3. The fourth-order valence-corrected chi connectivity index (χ4v) is 3.27. The van der Waals surface area contributed by atoms with Crippen LogP contribution in [0.25, 0.3) is 5.69 Å². The summed E-state index contributed by atoms with van der Waals surface area (Å²) in [6, 6.07) is 13.0. The van der Waals surface area contributed by atoms with Gasteiger partial charge in [0.1, 0.15) is 11.6 Å². The van der Waals surface area contributed by atoms with E-state index in [0.29, 0.717) is 17.8 Å². The van der Waals surface area contributed by atoms with E-state index in [1.54, 1.807) is 30.1 Å². The van der Waals surface area contributed by atoms with Gasteiger partial charge >= 0.3 is 0 Å². The van der Waals surface area contributed by atoms with E-state index in [-0.39, 0.29) is 5.82 Å². The normalized spacial score (nSPS) is 13.0. The van der Waals surface area contributed by atoms with Crippen LogP contribution in [-0.4, -0.2) is 21.5 Å². The number of imidazole rings is 1. The molecule has 0 atom stereocenters. The summed E-state index contributed by atoms with van der Waals surface area (Å²) in [6.45, 7) is 0.431. The summed E-state index contributed by atoms with van der Waals surface area (Å²) in [5, 5.41) is 0. The lowest BCUT2D eigenvalue weighted by atomic mass is 10.00. The summed E-state index contributed by atoms with van der Waals surface area (Å²) < 4.78 is 16.4. The van der Waals surface area contributed by atoms with Gasteiger partial charge in [0.25, 0.3) is 0 Å². The molecule has 0 aliphatic carbocycles. The van der Waals surface area contributed by atoms with Gasteiger partial charge in [0.2, 0.25) is 0 Å². The molecule has 0 unspecified atom stereocenters. The Balaban J connectivity index is 2.00. The minimum absolute atomic E-state index is 0.258. The molecule has 0 saturated heterocycles. The summed E-state index contributed by atoms with van der Waals surface area (Å²) in [5.74, 6) is 0.598. The van der Waals surface area contributed by atoms with Gasteiger partial charge in [-0.15, -0.1) is 11.8 Å². The number of hydrogen-bond acceptors (Lipinski definition) is 3. The molecule has 0 amide bonds. The lowest BCUT2D eigenvalue weighted by Gasteiger charge is -2.13. The molecule has 4 rings (SSSR count). The van der Waals surface area contributed by atoms with E-state index in [1.807, 2.05) is 29.2 Å². The summed E-state index contributed by atoms with van der Waals surface area (Å²) >= 11 is 1.66. The predicted molar refractivity (Wildman–Crippen MR) is 91.1 cm³/mol. The topological polar surface area (TPSA) is 30.2 Å². The van der Waals surface area contributed by atoms with Crippen molar-refractivity contribution in [3.63, 3.8) is 0 Å². The second kappa shape index (κ2) is 5.66. The lowest BCUT2D eigenvalue weighted by molar-refractivity contribution is 0.625. The molecule has 23 heavy (non-hydrogen) atoms. The average molecular weight is 323 g/mol. The molecule has 0 fully saturated rings. The number of aromatic nitrogens is 2. The van der Waals surface area contributed by atoms with Gasteiger partial charge in [0.15, 0.2) is 0 Å². The smallest absolute Gasteiger partial charge is 0.134 e. The Kier molecular flexibility index (Phi) is 3.50. The van der Waals surface area contributed by atoms with Crippen molar-refractivity contribution in [2.75, 3.05) is 6.26 Å². The molecule has 3 aromatic rings. The Bertz CT molecular complexity index is 914. The highest BCUT2D eigenvalue weighted by Crippen LogP contribution is 2.29. The molecule has 3 nitrogen and oxygen atoms in total. The summed E-state index contributed by atoms with van der Waals surface area (Å²) in [7, 11) is 0. The fourth-order valence-electron chi connectivity index (χ4n) is 2.83. The van der Waals surface area contributed by atoms with Crippen molar-refractivity contribution in [2.45, 2.75) is 11.4 Å². The highest BCUT2D eigenvalue weighted by atomic mass is 32.2. The van der Waals surface area contributed by atoms with Gasteiger partial charge in [0, 0.05) is 28.4 Å². The van der Waals surface area contributed by atoms with Gasteiger partial charge in [-0.1, -0.05) is 12.1 Å². The van der Waals surface area contributed by atoms with E-state index in [4.69, 9.17) is 0 Å². The van der Waals surface area contributed by atoms with Gasteiger partial charge in [-0.3, -0.25) is 4.99 Å². The molecular weight excluding hydrogens is 309 g/mol. The van der Waals surface area contributed by atoms with Crippen LogP contribution in [0, 0.1) is 5.82 Å². The van der Waals surface area contributed by atoms with Crippen molar-refractivity contribution in [1.29, 1.82) is 0 Å². The minimum Gasteiger partial charge on any atom is -0.302 e. The van der Waals surface area contributed by atoms with Gasteiger partial charge in [0.05, 0.1) is 17.9 Å². The van der Waals surface area contributed by atoms with Crippen LogP contribution < -0.4 is 0 Å². The largest absolute Gasteiger partial charge is 0.302 e. The molecule has 1 aliphatic heterocycles. The van der Waals surface area contributed by atoms with Crippen molar-refractivity contribution in [3.05, 3.63) is 77.6 Å². The number of nitrogens with zero attached hydrogens (tertiary/aromatic N) is 3. The van der Waals surface area contributed by atoms with E-state index in [9.17, 15) is 4.39 Å². The highest BCUT2D eigenvalue weighted by molar-refractivity contribution is 7.98. The molecule has 0 N–H and O–H groups in total. The Morgan fingerprint density at radius 3 is 2.83 bits per heavy atom. The number of thioether (sulfide) groups is 1. The van der Waals surface area contributed by atoms with Crippen LogP contribution in [0.5, 0.6) is 0 Å². The molecule has 0 radical (unpaired) electrons. The fraction of sp³-hybridized carbons (Fsp3) is 0.111. The number of fused-ring (bicyclic) bond motifs is 3. The SMILES string of the molecule is CSc1ccc2c(c1)C(c1ccccc1F)=NCc1nccn1-2. The lowest BCUT2D eigenvalue weighted by Crippen LogP contribution is -2.09. The number of halogens is 1. The highest BCUT2D eigenvalue weighted by Gasteiger charge is 2.21. The third kappa shape index (κ3) is 2.37. The second-order valence-electron chi connectivity index (χ2n) is 5.24. The number of aliphatic imine (C=N–C) groups is 1. The van der Waals surface area contributed by atoms with E-state index in [1.165, 1.54) is 6.07 Å². The third-order valence-electron chi connectivity index (χ3n) is 3.94. The maximum atomic E-state index is 14.3. The molecule has 0 saturated carbocycles. The van der Waals surface area contributed by atoms with Crippen LogP contribution in [0.1, 0.15) is 17.0 Å². The first-order valence-corrected chi connectivity index (χ1v) is 8.51. The maximum absolute atomic E-state index is 14.3. The van der Waals surface area contributed by atoms with Crippen LogP contribution >= 0.6 is 11.8 Å². The summed E-state index contributed by atoms with van der Waals surface area (Å²) in [4.78, 5) is 10.2. The molecule has 5 heteroatoms. The van der Waals surface area contributed by atoms with Gasteiger partial charge in [-0.05, 0) is 36.6 Å². The summed E-state index contributed by atoms with van der Waals surface area (Å²) in [6.07, 6.45) is 5.72. The van der Waals surface area contributed by atoms with E-state index in [2.05, 4.69) is 22.1 Å². The average Bonchev–Trinajstić information content (AvgIpc) is 2.99. The monoisotopic (exact) mass is 323 g/mol. The van der Waals surface area contributed by atoms with Crippen molar-refractivity contribution in [3.8, 4) is 5.69 Å². The molecular formula is C18H14FN3S. The zero-order valence-electron chi connectivity index (χ0n) is 12.5. The Labute approximate surface area is 137 Å². The van der Waals surface area contributed by atoms with Crippen LogP contribution in [0.3, 0.4) is 0 Å². The van der Waals surface area contributed by atoms with E-state index >= 15 is 0 Å². The van der Waals surface area contributed by atoms with Crippen molar-refractivity contribution >= 4 is 17.5 Å². The van der Waals surface area contributed by atoms with E-state index in [0.717, 1.165) is 22.0 Å². The van der Waals surface area contributed by atoms with Crippen LogP contribution in [-0.2, 0) is 6.54 Å². The van der Waals surface area contributed by atoms with Crippen molar-refractivity contribution in [2.24, 2.45) is 4.99 Å². The van der Waals surface area contributed by atoms with Gasteiger partial charge < -0.3 is 4.57 Å². The van der Waals surface area contributed by atoms with Gasteiger partial charge in [-0.2, -0.15) is 0 Å². The number of benzene rings is 2. The van der Waals surface area contributed by atoms with E-state index < -0.39 is 0 Å².